The van der Waals surface area contributed by atoms with Crippen molar-refractivity contribution >= 4 is 16.9 Å². The number of carbonyl (C=O) groups is 1. The van der Waals surface area contributed by atoms with Crippen molar-refractivity contribution in [1.29, 1.82) is 0 Å². The lowest BCUT2D eigenvalue weighted by molar-refractivity contribution is -0.150. The average molecular weight is 312 g/mol. The standard InChI is InChI=1S/C19H20O4/c1-12-8-16-15(10-18(20)23-17(16)9-13(12)2)11-22-19(21)14-6-4-3-5-7-14/h3-4,8-10,14H,5-7,11H2,1-2H3/t14-/m0/s1. The Kier molecular flexibility index (Phi) is 4.33. The Hall–Kier alpha value is -2.36. The minimum atomic E-state index is -0.424. The SMILES string of the molecule is Cc1cc2oc(=O)cc(COC(=O)[C@H]3CC=CCC3)c2cc1C. The number of ether oxygens (including phenoxy) is 1. The lowest BCUT2D eigenvalue weighted by Gasteiger charge is -2.16. The Labute approximate surface area is 134 Å². The summed E-state index contributed by atoms with van der Waals surface area (Å²) in [7, 11) is 0. The minimum absolute atomic E-state index is 0.0737. The second-order valence-corrected chi connectivity index (χ2v) is 6.11. The molecule has 4 nitrogen and oxygen atoms in total. The first-order chi connectivity index (χ1) is 11.0. The van der Waals surface area contributed by atoms with Gasteiger partial charge in [-0.1, -0.05) is 12.2 Å². The number of rotatable bonds is 3. The first kappa shape index (κ1) is 15.5. The summed E-state index contributed by atoms with van der Waals surface area (Å²) in [5, 5.41) is 0.823. The molecule has 4 heteroatoms. The molecule has 1 heterocycles. The molecule has 1 aromatic carbocycles. The number of fused-ring (bicyclic) bond motifs is 1. The van der Waals surface area contributed by atoms with Crippen LogP contribution in [0.2, 0.25) is 0 Å². The van der Waals surface area contributed by atoms with Crippen molar-refractivity contribution in [2.75, 3.05) is 0 Å². The maximum absolute atomic E-state index is 12.2. The van der Waals surface area contributed by atoms with Gasteiger partial charge in [-0.2, -0.15) is 0 Å². The molecule has 2 aromatic rings. The molecule has 0 saturated carbocycles. The van der Waals surface area contributed by atoms with Gasteiger partial charge in [-0.15, -0.1) is 0 Å². The lowest BCUT2D eigenvalue weighted by atomic mass is 9.95. The van der Waals surface area contributed by atoms with Crippen LogP contribution < -0.4 is 5.63 Å². The van der Waals surface area contributed by atoms with E-state index < -0.39 is 5.63 Å². The van der Waals surface area contributed by atoms with E-state index in [-0.39, 0.29) is 18.5 Å². The molecule has 1 atom stereocenters. The van der Waals surface area contributed by atoms with Gasteiger partial charge in [0.2, 0.25) is 0 Å². The van der Waals surface area contributed by atoms with Crippen molar-refractivity contribution < 1.29 is 13.9 Å². The van der Waals surface area contributed by atoms with Gasteiger partial charge in [-0.3, -0.25) is 4.79 Å². The van der Waals surface area contributed by atoms with Crippen molar-refractivity contribution in [1.82, 2.24) is 0 Å². The van der Waals surface area contributed by atoms with Gasteiger partial charge in [0, 0.05) is 17.0 Å². The molecule has 1 aliphatic rings. The molecular formula is C19H20O4. The van der Waals surface area contributed by atoms with Gasteiger partial charge in [0.1, 0.15) is 12.2 Å². The number of aryl methyl sites for hydroxylation is 2. The molecule has 1 aliphatic carbocycles. The van der Waals surface area contributed by atoms with Gasteiger partial charge >= 0.3 is 11.6 Å². The van der Waals surface area contributed by atoms with Crippen molar-refractivity contribution in [3.05, 3.63) is 57.5 Å². The largest absolute Gasteiger partial charge is 0.461 e. The molecule has 1 aromatic heterocycles. The normalized spacial score (nSPS) is 17.4. The Balaban J connectivity index is 1.84. The summed E-state index contributed by atoms with van der Waals surface area (Å²) in [6.07, 6.45) is 6.58. The molecule has 3 rings (SSSR count). The monoisotopic (exact) mass is 312 g/mol. The minimum Gasteiger partial charge on any atom is -0.461 e. The van der Waals surface area contributed by atoms with Crippen LogP contribution in [0.25, 0.3) is 11.0 Å². The van der Waals surface area contributed by atoms with Crippen LogP contribution in [-0.2, 0) is 16.1 Å². The van der Waals surface area contributed by atoms with E-state index in [0.717, 1.165) is 35.8 Å². The number of benzene rings is 1. The Morgan fingerprint density at radius 1 is 1.22 bits per heavy atom. The first-order valence-electron chi connectivity index (χ1n) is 7.90. The molecule has 0 amide bonds. The predicted molar refractivity (Wildman–Crippen MR) is 88.2 cm³/mol. The predicted octanol–water partition coefficient (Wildman–Crippen LogP) is 3.81. The van der Waals surface area contributed by atoms with E-state index in [1.165, 1.54) is 6.07 Å². The molecule has 0 bridgehead atoms. The summed E-state index contributed by atoms with van der Waals surface area (Å²) in [5.41, 5.74) is 2.97. The molecule has 23 heavy (non-hydrogen) atoms. The molecule has 0 spiro atoms. The van der Waals surface area contributed by atoms with Crippen LogP contribution in [0.15, 0.2) is 39.6 Å². The summed E-state index contributed by atoms with van der Waals surface area (Å²) >= 11 is 0. The summed E-state index contributed by atoms with van der Waals surface area (Å²) < 4.78 is 10.7. The highest BCUT2D eigenvalue weighted by Crippen LogP contribution is 2.24. The van der Waals surface area contributed by atoms with E-state index in [1.54, 1.807) is 0 Å². The van der Waals surface area contributed by atoms with E-state index >= 15 is 0 Å². The zero-order chi connectivity index (χ0) is 16.4. The van der Waals surface area contributed by atoms with Gasteiger partial charge in [0.15, 0.2) is 0 Å². The highest BCUT2D eigenvalue weighted by Gasteiger charge is 2.20. The van der Waals surface area contributed by atoms with Crippen molar-refractivity contribution in [3.8, 4) is 0 Å². The summed E-state index contributed by atoms with van der Waals surface area (Å²) in [4.78, 5) is 23.9. The number of esters is 1. The van der Waals surface area contributed by atoms with Crippen molar-refractivity contribution in [3.63, 3.8) is 0 Å². The van der Waals surface area contributed by atoms with E-state index in [4.69, 9.17) is 9.15 Å². The van der Waals surface area contributed by atoms with E-state index in [2.05, 4.69) is 6.08 Å². The molecule has 120 valence electrons. The van der Waals surface area contributed by atoms with Gasteiger partial charge < -0.3 is 9.15 Å². The van der Waals surface area contributed by atoms with Gasteiger partial charge in [0.05, 0.1) is 5.92 Å². The van der Waals surface area contributed by atoms with E-state index in [9.17, 15) is 9.59 Å². The quantitative estimate of drug-likeness (QED) is 0.491. The molecule has 0 saturated heterocycles. The lowest BCUT2D eigenvalue weighted by Crippen LogP contribution is -2.19. The van der Waals surface area contributed by atoms with Crippen LogP contribution in [0.1, 0.15) is 36.0 Å². The smallest absolute Gasteiger partial charge is 0.336 e. The van der Waals surface area contributed by atoms with Crippen LogP contribution in [0.5, 0.6) is 0 Å². The van der Waals surface area contributed by atoms with Crippen molar-refractivity contribution in [2.24, 2.45) is 5.92 Å². The Morgan fingerprint density at radius 2 is 2.00 bits per heavy atom. The summed E-state index contributed by atoms with van der Waals surface area (Å²) in [6.45, 7) is 4.08. The summed E-state index contributed by atoms with van der Waals surface area (Å²) in [6, 6.07) is 5.23. The van der Waals surface area contributed by atoms with Gasteiger partial charge in [-0.05, 0) is 56.4 Å². The fourth-order valence-electron chi connectivity index (χ4n) is 2.88. The van der Waals surface area contributed by atoms with Crippen molar-refractivity contribution in [2.45, 2.75) is 39.7 Å². The molecule has 0 radical (unpaired) electrons. The number of allylic oxidation sites excluding steroid dienone is 2. The van der Waals surface area contributed by atoms with Gasteiger partial charge in [-0.25, -0.2) is 4.79 Å². The maximum atomic E-state index is 12.2. The Bertz CT molecular complexity index is 829. The number of hydrogen-bond donors (Lipinski definition) is 0. The van der Waals surface area contributed by atoms with E-state index in [1.807, 2.05) is 32.1 Å². The highest BCUT2D eigenvalue weighted by atomic mass is 16.5. The van der Waals surface area contributed by atoms with Crippen LogP contribution >= 0.6 is 0 Å². The molecule has 0 fully saturated rings. The van der Waals surface area contributed by atoms with Crippen LogP contribution in [-0.4, -0.2) is 5.97 Å². The highest BCUT2D eigenvalue weighted by molar-refractivity contribution is 5.82. The second-order valence-electron chi connectivity index (χ2n) is 6.11. The molecule has 0 unspecified atom stereocenters. The first-order valence-corrected chi connectivity index (χ1v) is 7.90. The summed E-state index contributed by atoms with van der Waals surface area (Å²) in [5.74, 6) is -0.269. The number of carbonyl (C=O) groups excluding carboxylic acids is 1. The zero-order valence-corrected chi connectivity index (χ0v) is 13.4. The zero-order valence-electron chi connectivity index (χ0n) is 13.4. The molecule has 0 aliphatic heterocycles. The third-order valence-corrected chi connectivity index (χ3v) is 4.42. The average Bonchev–Trinajstić information content (AvgIpc) is 2.55. The van der Waals surface area contributed by atoms with Crippen LogP contribution in [0.4, 0.5) is 0 Å². The van der Waals surface area contributed by atoms with Crippen LogP contribution in [0.3, 0.4) is 0 Å². The maximum Gasteiger partial charge on any atom is 0.336 e. The molecular weight excluding hydrogens is 292 g/mol. The number of hydrogen-bond acceptors (Lipinski definition) is 4. The second kappa shape index (κ2) is 6.41. The third kappa shape index (κ3) is 3.36. The fraction of sp³-hybridized carbons (Fsp3) is 0.368. The fourth-order valence-corrected chi connectivity index (χ4v) is 2.88. The van der Waals surface area contributed by atoms with E-state index in [0.29, 0.717) is 11.1 Å². The molecule has 0 N–H and O–H groups in total. The van der Waals surface area contributed by atoms with Crippen LogP contribution in [0, 0.1) is 19.8 Å². The van der Waals surface area contributed by atoms with Gasteiger partial charge in [0.25, 0.3) is 0 Å². The topological polar surface area (TPSA) is 56.5 Å². The Morgan fingerprint density at radius 3 is 2.74 bits per heavy atom. The third-order valence-electron chi connectivity index (χ3n) is 4.42.